The first-order valence-corrected chi connectivity index (χ1v) is 10.2. The predicted molar refractivity (Wildman–Crippen MR) is 110 cm³/mol. The van der Waals surface area contributed by atoms with Crippen LogP contribution in [-0.4, -0.2) is 26.5 Å². The van der Waals surface area contributed by atoms with Crippen molar-refractivity contribution >= 4 is 27.3 Å². The molecule has 1 N–H and O–H groups in total. The highest BCUT2D eigenvalue weighted by molar-refractivity contribution is 7.92. The van der Waals surface area contributed by atoms with Crippen molar-refractivity contribution in [3.05, 3.63) is 94.3 Å². The lowest BCUT2D eigenvalue weighted by Gasteiger charge is -2.17. The SMILES string of the molecule is COc1ccc(C(=O)Nc2ccc(F)cc2)cc1N([N+](=O)[O-])S(=O)(=O)c1ccccc1. The Kier molecular flexibility index (Phi) is 6.16. The maximum atomic E-state index is 13.0. The number of methoxy groups -OCH3 is 1. The van der Waals surface area contributed by atoms with Crippen LogP contribution in [0.15, 0.2) is 77.7 Å². The fraction of sp³-hybridized carbons (Fsp3) is 0.0500. The Morgan fingerprint density at radius 1 is 1.06 bits per heavy atom. The number of hydrazine groups is 1. The van der Waals surface area contributed by atoms with Crippen molar-refractivity contribution < 1.29 is 27.4 Å². The predicted octanol–water partition coefficient (Wildman–Crippen LogP) is 3.47. The van der Waals surface area contributed by atoms with Gasteiger partial charge >= 0.3 is 10.0 Å². The van der Waals surface area contributed by atoms with Gasteiger partial charge in [0.05, 0.1) is 12.0 Å². The lowest BCUT2D eigenvalue weighted by molar-refractivity contribution is -0.474. The zero-order valence-electron chi connectivity index (χ0n) is 16.1. The molecule has 160 valence electrons. The van der Waals surface area contributed by atoms with Gasteiger partial charge in [0.25, 0.3) is 5.91 Å². The van der Waals surface area contributed by atoms with Crippen molar-refractivity contribution in [1.82, 2.24) is 0 Å². The number of carbonyl (C=O) groups excluding carboxylic acids is 1. The van der Waals surface area contributed by atoms with E-state index >= 15 is 0 Å². The van der Waals surface area contributed by atoms with Crippen molar-refractivity contribution in [1.29, 1.82) is 0 Å². The third-order valence-electron chi connectivity index (χ3n) is 4.17. The first-order chi connectivity index (χ1) is 14.7. The number of halogens is 1. The van der Waals surface area contributed by atoms with E-state index in [1.807, 2.05) is 0 Å². The number of amides is 1. The van der Waals surface area contributed by atoms with Gasteiger partial charge in [-0.3, -0.25) is 4.79 Å². The molecule has 0 atom stereocenters. The number of nitrogens with zero attached hydrogens (tertiary/aromatic N) is 2. The summed E-state index contributed by atoms with van der Waals surface area (Å²) < 4.78 is 44.0. The zero-order chi connectivity index (χ0) is 22.6. The summed E-state index contributed by atoms with van der Waals surface area (Å²) in [5, 5.41) is 13.1. The number of benzene rings is 3. The van der Waals surface area contributed by atoms with Crippen LogP contribution >= 0.6 is 0 Å². The topological polar surface area (TPSA) is 119 Å². The number of carbonyl (C=O) groups is 1. The Balaban J connectivity index is 2.05. The van der Waals surface area contributed by atoms with Crippen LogP contribution < -0.4 is 14.5 Å². The molecule has 3 rings (SSSR count). The molecule has 31 heavy (non-hydrogen) atoms. The second-order valence-electron chi connectivity index (χ2n) is 6.15. The Labute approximate surface area is 176 Å². The average molecular weight is 445 g/mol. The number of hydrogen-bond acceptors (Lipinski definition) is 6. The quantitative estimate of drug-likeness (QED) is 0.439. The van der Waals surface area contributed by atoms with E-state index < -0.39 is 32.5 Å². The summed E-state index contributed by atoms with van der Waals surface area (Å²) >= 11 is 0. The first-order valence-electron chi connectivity index (χ1n) is 8.73. The molecule has 3 aromatic carbocycles. The molecule has 9 nitrogen and oxygen atoms in total. The molecule has 0 bridgehead atoms. The maximum Gasteiger partial charge on any atom is 0.318 e. The van der Waals surface area contributed by atoms with Crippen molar-refractivity contribution in [2.24, 2.45) is 0 Å². The highest BCUT2D eigenvalue weighted by Crippen LogP contribution is 2.33. The van der Waals surface area contributed by atoms with Crippen LogP contribution in [0.2, 0.25) is 0 Å². The highest BCUT2D eigenvalue weighted by Gasteiger charge is 2.37. The van der Waals surface area contributed by atoms with Crippen molar-refractivity contribution in [3.63, 3.8) is 0 Å². The molecule has 0 aliphatic heterocycles. The van der Waals surface area contributed by atoms with E-state index in [1.165, 1.54) is 55.6 Å². The van der Waals surface area contributed by atoms with Crippen LogP contribution in [0.4, 0.5) is 15.8 Å². The van der Waals surface area contributed by atoms with E-state index in [1.54, 1.807) is 6.07 Å². The fourth-order valence-electron chi connectivity index (χ4n) is 2.71. The molecule has 1 amide bonds. The summed E-state index contributed by atoms with van der Waals surface area (Å²) in [7, 11) is -3.40. The van der Waals surface area contributed by atoms with Gasteiger partial charge in [0, 0.05) is 15.7 Å². The molecule has 0 aliphatic carbocycles. The summed E-state index contributed by atoms with van der Waals surface area (Å²) in [5.74, 6) is -1.30. The van der Waals surface area contributed by atoms with E-state index in [0.717, 1.165) is 18.2 Å². The van der Waals surface area contributed by atoms with Crippen LogP contribution in [-0.2, 0) is 10.0 Å². The Hall–Kier alpha value is -3.99. The van der Waals surface area contributed by atoms with Gasteiger partial charge in [-0.05, 0) is 54.6 Å². The second-order valence-corrected chi connectivity index (χ2v) is 7.91. The number of hydrogen-bond donors (Lipinski definition) is 1. The number of ether oxygens (including phenoxy) is 1. The van der Waals surface area contributed by atoms with E-state index in [0.29, 0.717) is 0 Å². The molecule has 0 aliphatic rings. The Morgan fingerprint density at radius 2 is 1.71 bits per heavy atom. The van der Waals surface area contributed by atoms with Crippen LogP contribution in [0.3, 0.4) is 0 Å². The van der Waals surface area contributed by atoms with Gasteiger partial charge in [-0.15, -0.1) is 0 Å². The van der Waals surface area contributed by atoms with Gasteiger partial charge in [-0.1, -0.05) is 18.2 Å². The summed E-state index contributed by atoms with van der Waals surface area (Å²) in [6, 6.07) is 15.4. The van der Waals surface area contributed by atoms with E-state index in [2.05, 4.69) is 5.32 Å². The summed E-state index contributed by atoms with van der Waals surface area (Å²) in [4.78, 5) is 24.0. The molecule has 0 heterocycles. The Morgan fingerprint density at radius 3 is 2.29 bits per heavy atom. The molecular weight excluding hydrogens is 429 g/mol. The second kappa shape index (κ2) is 8.79. The largest absolute Gasteiger partial charge is 0.494 e. The lowest BCUT2D eigenvalue weighted by Crippen LogP contribution is -2.36. The van der Waals surface area contributed by atoms with E-state index in [-0.39, 0.29) is 26.3 Å². The average Bonchev–Trinajstić information content (AvgIpc) is 2.75. The third-order valence-corrected chi connectivity index (χ3v) is 5.82. The van der Waals surface area contributed by atoms with Crippen LogP contribution in [0, 0.1) is 15.9 Å². The van der Waals surface area contributed by atoms with Crippen LogP contribution in [0.5, 0.6) is 5.75 Å². The number of rotatable bonds is 7. The third kappa shape index (κ3) is 4.61. The van der Waals surface area contributed by atoms with E-state index in [9.17, 15) is 27.7 Å². The maximum absolute atomic E-state index is 13.0. The van der Waals surface area contributed by atoms with Crippen LogP contribution in [0.1, 0.15) is 10.4 Å². The number of nitro groups is 1. The van der Waals surface area contributed by atoms with Gasteiger partial charge in [0.2, 0.25) is 0 Å². The zero-order valence-corrected chi connectivity index (χ0v) is 16.9. The number of anilines is 2. The molecule has 0 radical (unpaired) electrons. The molecule has 0 aromatic heterocycles. The smallest absolute Gasteiger partial charge is 0.318 e. The molecule has 11 heteroatoms. The summed E-state index contributed by atoms with van der Waals surface area (Å²) in [5.41, 5.74) is -0.245. The van der Waals surface area contributed by atoms with Gasteiger partial charge < -0.3 is 10.1 Å². The number of nitrogens with one attached hydrogen (secondary N) is 1. The molecule has 0 saturated heterocycles. The van der Waals surface area contributed by atoms with Gasteiger partial charge in [0.15, 0.2) is 10.7 Å². The van der Waals surface area contributed by atoms with E-state index in [4.69, 9.17) is 4.74 Å². The first kappa shape index (κ1) is 21.7. The minimum atomic E-state index is -4.61. The van der Waals surface area contributed by atoms with Crippen molar-refractivity contribution in [2.75, 3.05) is 16.8 Å². The molecule has 0 spiro atoms. The minimum absolute atomic E-state index is 0.0458. The summed E-state index contributed by atoms with van der Waals surface area (Å²) in [6.45, 7) is 0. The van der Waals surface area contributed by atoms with Crippen LogP contribution in [0.25, 0.3) is 0 Å². The molecule has 3 aromatic rings. The monoisotopic (exact) mass is 445 g/mol. The normalized spacial score (nSPS) is 10.9. The number of sulfonamides is 1. The lowest BCUT2D eigenvalue weighted by atomic mass is 10.1. The van der Waals surface area contributed by atoms with Gasteiger partial charge in [0.1, 0.15) is 11.6 Å². The molecule has 0 unspecified atom stereocenters. The molecule has 0 fully saturated rings. The Bertz CT molecular complexity index is 1220. The van der Waals surface area contributed by atoms with Gasteiger partial charge in [-0.25, -0.2) is 14.5 Å². The highest BCUT2D eigenvalue weighted by atomic mass is 32.2. The van der Waals surface area contributed by atoms with Crippen molar-refractivity contribution in [3.8, 4) is 5.75 Å². The molecular formula is C20H16FN3O6S. The van der Waals surface area contributed by atoms with Gasteiger partial charge in [-0.2, -0.15) is 8.42 Å². The molecule has 0 saturated carbocycles. The standard InChI is InChI=1S/C20H16FN3O6S/c1-30-19-12-7-14(20(25)22-16-10-8-15(21)9-11-16)13-18(19)23(24(26)27)31(28,29)17-5-3-2-4-6-17/h2-13H,1H3,(H,22,25). The summed E-state index contributed by atoms with van der Waals surface area (Å²) in [6.07, 6.45) is 0. The van der Waals surface area contributed by atoms with Crippen molar-refractivity contribution in [2.45, 2.75) is 4.90 Å². The fourth-order valence-corrected chi connectivity index (χ4v) is 3.99. The minimum Gasteiger partial charge on any atom is -0.494 e.